The van der Waals surface area contributed by atoms with Crippen molar-refractivity contribution in [2.45, 2.75) is 38.3 Å². The second-order valence-corrected chi connectivity index (χ2v) is 6.39. The Hall–Kier alpha value is -2.70. The van der Waals surface area contributed by atoms with Gasteiger partial charge in [0.1, 0.15) is 11.9 Å². The number of pyridine rings is 1. The highest BCUT2D eigenvalue weighted by atomic mass is 16.5. The molecule has 0 spiro atoms. The standard InChI is InChI=1S/C21H25N3O3/c1-16(20(25)11-6-17-5-3-12-22-15-17)27-19-9-7-18(8-10-19)24-14-4-13-23-21(24)26-2/h3-5,7-10,12-16,20-21,25H,6,11H2,1-2H3/t16-,20+,21?/m0/s1. The molecule has 0 bridgehead atoms. The molecular formula is C21H25N3O3. The topological polar surface area (TPSA) is 67.2 Å². The summed E-state index contributed by atoms with van der Waals surface area (Å²) in [5, 5.41) is 10.4. The van der Waals surface area contributed by atoms with Gasteiger partial charge in [-0.15, -0.1) is 0 Å². The Labute approximate surface area is 159 Å². The highest BCUT2D eigenvalue weighted by Gasteiger charge is 2.18. The summed E-state index contributed by atoms with van der Waals surface area (Å²) in [5.74, 6) is 0.713. The van der Waals surface area contributed by atoms with E-state index < -0.39 is 6.10 Å². The van der Waals surface area contributed by atoms with Crippen LogP contribution in [0.5, 0.6) is 5.75 Å². The Bertz CT molecular complexity index is 762. The fourth-order valence-corrected chi connectivity index (χ4v) is 2.87. The van der Waals surface area contributed by atoms with Crippen LogP contribution >= 0.6 is 0 Å². The molecule has 2 aromatic rings. The minimum atomic E-state index is -0.554. The van der Waals surface area contributed by atoms with E-state index in [2.05, 4.69) is 9.98 Å². The van der Waals surface area contributed by atoms with E-state index in [1.807, 2.05) is 66.7 Å². The zero-order valence-electron chi connectivity index (χ0n) is 15.6. The number of rotatable bonds is 8. The molecule has 0 amide bonds. The van der Waals surface area contributed by atoms with E-state index in [0.29, 0.717) is 12.2 Å². The van der Waals surface area contributed by atoms with Crippen LogP contribution in [0.15, 0.2) is 66.1 Å². The van der Waals surface area contributed by atoms with Gasteiger partial charge in [-0.3, -0.25) is 4.98 Å². The summed E-state index contributed by atoms with van der Waals surface area (Å²) in [6.07, 6.45) is 9.23. The third kappa shape index (κ3) is 5.15. The minimum absolute atomic E-state index is 0.307. The number of aliphatic imine (C=N–C) groups is 1. The summed E-state index contributed by atoms with van der Waals surface area (Å²) >= 11 is 0. The average Bonchev–Trinajstić information content (AvgIpc) is 2.73. The molecule has 6 nitrogen and oxygen atoms in total. The van der Waals surface area contributed by atoms with Gasteiger partial charge in [-0.2, -0.15) is 0 Å². The summed E-state index contributed by atoms with van der Waals surface area (Å²) in [6, 6.07) is 11.6. The number of aliphatic hydroxyl groups excluding tert-OH is 1. The van der Waals surface area contributed by atoms with Gasteiger partial charge in [-0.1, -0.05) is 6.07 Å². The van der Waals surface area contributed by atoms with Crippen LogP contribution in [-0.2, 0) is 11.2 Å². The van der Waals surface area contributed by atoms with Crippen molar-refractivity contribution in [1.82, 2.24) is 4.98 Å². The fourth-order valence-electron chi connectivity index (χ4n) is 2.87. The molecule has 1 N–H and O–H groups in total. The van der Waals surface area contributed by atoms with Crippen molar-refractivity contribution >= 4 is 11.9 Å². The molecule has 3 atom stereocenters. The third-order valence-corrected chi connectivity index (χ3v) is 4.45. The van der Waals surface area contributed by atoms with Crippen LogP contribution in [0.1, 0.15) is 18.9 Å². The Morgan fingerprint density at radius 3 is 2.74 bits per heavy atom. The number of hydrogen-bond acceptors (Lipinski definition) is 6. The lowest BCUT2D eigenvalue weighted by Crippen LogP contribution is -2.32. The number of methoxy groups -OCH3 is 1. The maximum Gasteiger partial charge on any atom is 0.231 e. The smallest absolute Gasteiger partial charge is 0.231 e. The van der Waals surface area contributed by atoms with Crippen molar-refractivity contribution in [3.63, 3.8) is 0 Å². The maximum absolute atomic E-state index is 10.4. The number of benzene rings is 1. The Morgan fingerprint density at radius 2 is 2.04 bits per heavy atom. The van der Waals surface area contributed by atoms with Gasteiger partial charge >= 0.3 is 0 Å². The van der Waals surface area contributed by atoms with Crippen molar-refractivity contribution in [2.24, 2.45) is 4.99 Å². The van der Waals surface area contributed by atoms with Crippen LogP contribution in [0, 0.1) is 0 Å². The van der Waals surface area contributed by atoms with E-state index in [4.69, 9.17) is 9.47 Å². The minimum Gasteiger partial charge on any atom is -0.488 e. The lowest BCUT2D eigenvalue weighted by atomic mass is 10.1. The number of nitrogens with zero attached hydrogens (tertiary/aromatic N) is 3. The number of allylic oxidation sites excluding steroid dienone is 1. The van der Waals surface area contributed by atoms with E-state index in [0.717, 1.165) is 17.7 Å². The molecule has 1 aromatic heterocycles. The molecule has 1 aliphatic rings. The summed E-state index contributed by atoms with van der Waals surface area (Å²) < 4.78 is 11.3. The second kappa shape index (κ2) is 9.30. The second-order valence-electron chi connectivity index (χ2n) is 6.39. The molecule has 1 aromatic carbocycles. The number of hydrogen-bond donors (Lipinski definition) is 1. The molecule has 142 valence electrons. The molecule has 0 radical (unpaired) electrons. The van der Waals surface area contributed by atoms with E-state index in [1.54, 1.807) is 19.5 Å². The number of aryl methyl sites for hydroxylation is 1. The lowest BCUT2D eigenvalue weighted by molar-refractivity contribution is 0.0420. The van der Waals surface area contributed by atoms with E-state index in [9.17, 15) is 5.11 Å². The van der Waals surface area contributed by atoms with Crippen molar-refractivity contribution < 1.29 is 14.6 Å². The van der Waals surface area contributed by atoms with Gasteiger partial charge in [0.05, 0.1) is 6.10 Å². The van der Waals surface area contributed by atoms with Crippen LogP contribution in [0.2, 0.25) is 0 Å². The molecule has 0 saturated heterocycles. The van der Waals surface area contributed by atoms with E-state index >= 15 is 0 Å². The number of aromatic nitrogens is 1. The summed E-state index contributed by atoms with van der Waals surface area (Å²) in [6.45, 7) is 1.88. The van der Waals surface area contributed by atoms with E-state index in [1.165, 1.54) is 0 Å². The van der Waals surface area contributed by atoms with Crippen LogP contribution in [0.3, 0.4) is 0 Å². The van der Waals surface area contributed by atoms with Gasteiger partial charge in [-0.05, 0) is 61.7 Å². The van der Waals surface area contributed by atoms with Crippen LogP contribution in [0.25, 0.3) is 0 Å². The largest absolute Gasteiger partial charge is 0.488 e. The first kappa shape index (κ1) is 19.1. The molecule has 0 aliphatic carbocycles. The molecule has 0 fully saturated rings. The molecule has 1 aliphatic heterocycles. The average molecular weight is 367 g/mol. The highest BCUT2D eigenvalue weighted by Crippen LogP contribution is 2.24. The zero-order chi connectivity index (χ0) is 19.1. The SMILES string of the molecule is COC1N=CC=CN1c1ccc(O[C@@H](C)[C@H](O)CCc2cccnc2)cc1. The zero-order valence-corrected chi connectivity index (χ0v) is 15.6. The van der Waals surface area contributed by atoms with Gasteiger partial charge in [-0.25, -0.2) is 4.99 Å². The van der Waals surface area contributed by atoms with Gasteiger partial charge in [0.2, 0.25) is 6.35 Å². The predicted octanol–water partition coefficient (Wildman–Crippen LogP) is 3.18. The third-order valence-electron chi connectivity index (χ3n) is 4.45. The first-order valence-electron chi connectivity index (χ1n) is 9.02. The summed E-state index contributed by atoms with van der Waals surface area (Å²) in [7, 11) is 1.63. The first-order chi connectivity index (χ1) is 13.2. The molecule has 0 saturated carbocycles. The van der Waals surface area contributed by atoms with E-state index in [-0.39, 0.29) is 12.5 Å². The Kier molecular flexibility index (Phi) is 6.57. The molecule has 1 unspecified atom stereocenters. The summed E-state index contributed by atoms with van der Waals surface area (Å²) in [4.78, 5) is 10.3. The van der Waals surface area contributed by atoms with Crippen molar-refractivity contribution in [1.29, 1.82) is 0 Å². The van der Waals surface area contributed by atoms with Crippen molar-refractivity contribution in [3.05, 3.63) is 66.6 Å². The van der Waals surface area contributed by atoms with Gasteiger partial charge in [0, 0.05) is 37.6 Å². The maximum atomic E-state index is 10.4. The molecule has 27 heavy (non-hydrogen) atoms. The van der Waals surface area contributed by atoms with Crippen LogP contribution in [0.4, 0.5) is 5.69 Å². The molecular weight excluding hydrogens is 342 g/mol. The van der Waals surface area contributed by atoms with Crippen molar-refractivity contribution in [2.75, 3.05) is 12.0 Å². The highest BCUT2D eigenvalue weighted by molar-refractivity contribution is 5.74. The van der Waals surface area contributed by atoms with Crippen LogP contribution in [-0.4, -0.2) is 42.0 Å². The number of aliphatic hydroxyl groups is 1. The quantitative estimate of drug-likeness (QED) is 0.776. The van der Waals surface area contributed by atoms with Crippen molar-refractivity contribution in [3.8, 4) is 5.75 Å². The molecule has 2 heterocycles. The summed E-state index contributed by atoms with van der Waals surface area (Å²) in [5.41, 5.74) is 2.06. The monoisotopic (exact) mass is 367 g/mol. The first-order valence-corrected chi connectivity index (χ1v) is 9.02. The van der Waals surface area contributed by atoms with Crippen LogP contribution < -0.4 is 9.64 Å². The normalized spacial score (nSPS) is 18.3. The Balaban J connectivity index is 1.54. The molecule has 6 heteroatoms. The molecule has 3 rings (SSSR count). The lowest BCUT2D eigenvalue weighted by Gasteiger charge is -2.28. The number of anilines is 1. The van der Waals surface area contributed by atoms with Gasteiger partial charge in [0.15, 0.2) is 0 Å². The fraction of sp³-hybridized carbons (Fsp3) is 0.333. The van der Waals surface area contributed by atoms with Gasteiger partial charge in [0.25, 0.3) is 0 Å². The van der Waals surface area contributed by atoms with Gasteiger partial charge < -0.3 is 19.5 Å². The predicted molar refractivity (Wildman–Crippen MR) is 106 cm³/mol. The number of ether oxygens (including phenoxy) is 2. The Morgan fingerprint density at radius 1 is 1.22 bits per heavy atom.